The van der Waals surface area contributed by atoms with Crippen molar-refractivity contribution >= 4 is 9.84 Å². The number of hydrogen-bond acceptors (Lipinski definition) is 5. The smallest absolute Gasteiger partial charge is 0.395 e. The summed E-state index contributed by atoms with van der Waals surface area (Å²) < 4.78 is 63.7. The van der Waals surface area contributed by atoms with Gasteiger partial charge in [0.05, 0.1) is 17.6 Å². The lowest BCUT2D eigenvalue weighted by atomic mass is 10.1. The molecule has 0 spiro atoms. The third kappa shape index (κ3) is 3.11. The predicted octanol–water partition coefficient (Wildman–Crippen LogP) is 1.75. The van der Waals surface area contributed by atoms with Crippen molar-refractivity contribution in [3.05, 3.63) is 23.8 Å². The van der Waals surface area contributed by atoms with Crippen LogP contribution in [0.4, 0.5) is 8.78 Å². The van der Waals surface area contributed by atoms with Crippen molar-refractivity contribution in [1.82, 2.24) is 0 Å². The number of alkyl halides is 2. The summed E-state index contributed by atoms with van der Waals surface area (Å²) >= 11 is 0. The van der Waals surface area contributed by atoms with E-state index in [-0.39, 0.29) is 30.3 Å². The van der Waals surface area contributed by atoms with Crippen LogP contribution in [0.1, 0.15) is 12.0 Å². The zero-order valence-corrected chi connectivity index (χ0v) is 11.9. The Labute approximate surface area is 120 Å². The van der Waals surface area contributed by atoms with Gasteiger partial charge in [-0.15, -0.1) is 8.78 Å². The van der Waals surface area contributed by atoms with E-state index >= 15 is 0 Å². The molecule has 0 saturated carbocycles. The second-order valence-corrected chi connectivity index (χ2v) is 7.45. The van der Waals surface area contributed by atoms with Crippen LogP contribution in [0, 0.1) is 0 Å². The van der Waals surface area contributed by atoms with Gasteiger partial charge in [0.25, 0.3) is 0 Å². The minimum Gasteiger partial charge on any atom is -0.395 e. The SMILES string of the molecule is O=S(=O)(CCc1ccc2c(c1)OC(F)(F)O2)C1CCOC1. The lowest BCUT2D eigenvalue weighted by Crippen LogP contribution is -2.26. The Morgan fingerprint density at radius 3 is 2.71 bits per heavy atom. The predicted molar refractivity (Wildman–Crippen MR) is 69.4 cm³/mol. The Balaban J connectivity index is 1.67. The van der Waals surface area contributed by atoms with Gasteiger partial charge in [0.1, 0.15) is 0 Å². The molecule has 0 aromatic heterocycles. The second kappa shape index (κ2) is 5.10. The summed E-state index contributed by atoms with van der Waals surface area (Å²) in [7, 11) is -3.24. The van der Waals surface area contributed by atoms with Crippen LogP contribution in [0.2, 0.25) is 0 Å². The number of rotatable bonds is 4. The largest absolute Gasteiger partial charge is 0.586 e. The summed E-state index contributed by atoms with van der Waals surface area (Å²) in [6, 6.07) is 4.30. The van der Waals surface area contributed by atoms with Crippen LogP contribution < -0.4 is 9.47 Å². The number of ether oxygens (including phenoxy) is 3. The molecule has 0 N–H and O–H groups in total. The second-order valence-electron chi connectivity index (χ2n) is 5.05. The van der Waals surface area contributed by atoms with Crippen molar-refractivity contribution in [3.63, 3.8) is 0 Å². The van der Waals surface area contributed by atoms with Gasteiger partial charge in [-0.25, -0.2) is 8.42 Å². The molecule has 2 aliphatic rings. The average Bonchev–Trinajstić information content (AvgIpc) is 3.01. The van der Waals surface area contributed by atoms with Gasteiger partial charge in [-0.1, -0.05) is 6.07 Å². The molecular formula is C13H14F2O5S. The number of hydrogen-bond donors (Lipinski definition) is 0. The molecule has 1 unspecified atom stereocenters. The Morgan fingerprint density at radius 2 is 2.00 bits per heavy atom. The molecule has 3 rings (SSSR count). The van der Waals surface area contributed by atoms with Crippen molar-refractivity contribution in [2.24, 2.45) is 0 Å². The zero-order valence-electron chi connectivity index (χ0n) is 11.1. The molecular weight excluding hydrogens is 306 g/mol. The maximum Gasteiger partial charge on any atom is 0.586 e. The molecule has 116 valence electrons. The lowest BCUT2D eigenvalue weighted by molar-refractivity contribution is -0.286. The van der Waals surface area contributed by atoms with Gasteiger partial charge < -0.3 is 14.2 Å². The summed E-state index contributed by atoms with van der Waals surface area (Å²) in [5.74, 6) is -0.160. The zero-order chi connectivity index (χ0) is 15.1. The first-order chi connectivity index (χ1) is 9.86. The van der Waals surface area contributed by atoms with Gasteiger partial charge in [-0.05, 0) is 30.5 Å². The molecule has 1 aromatic rings. The molecule has 1 saturated heterocycles. The molecule has 1 fully saturated rings. The van der Waals surface area contributed by atoms with Gasteiger partial charge in [0.15, 0.2) is 21.3 Å². The van der Waals surface area contributed by atoms with Crippen LogP contribution in [0.5, 0.6) is 11.5 Å². The maximum atomic E-state index is 12.9. The van der Waals surface area contributed by atoms with E-state index in [1.165, 1.54) is 12.1 Å². The maximum absolute atomic E-state index is 12.9. The van der Waals surface area contributed by atoms with Gasteiger partial charge in [-0.3, -0.25) is 0 Å². The molecule has 21 heavy (non-hydrogen) atoms. The van der Waals surface area contributed by atoms with Gasteiger partial charge >= 0.3 is 6.29 Å². The van der Waals surface area contributed by atoms with Crippen LogP contribution in [-0.2, 0) is 21.0 Å². The van der Waals surface area contributed by atoms with Gasteiger partial charge in [0.2, 0.25) is 0 Å². The number of benzene rings is 1. The topological polar surface area (TPSA) is 61.8 Å². The van der Waals surface area contributed by atoms with Crippen LogP contribution >= 0.6 is 0 Å². The van der Waals surface area contributed by atoms with Crippen LogP contribution in [0.25, 0.3) is 0 Å². The van der Waals surface area contributed by atoms with Crippen molar-refractivity contribution in [3.8, 4) is 11.5 Å². The Kier molecular flexibility index (Phi) is 3.53. The summed E-state index contributed by atoms with van der Waals surface area (Å²) in [6.07, 6.45) is -2.91. The molecule has 0 radical (unpaired) electrons. The fraction of sp³-hybridized carbons (Fsp3) is 0.538. The summed E-state index contributed by atoms with van der Waals surface area (Å²) in [4.78, 5) is 0. The highest BCUT2D eigenvalue weighted by atomic mass is 32.2. The van der Waals surface area contributed by atoms with E-state index in [0.29, 0.717) is 18.6 Å². The number of fused-ring (bicyclic) bond motifs is 1. The number of sulfone groups is 1. The van der Waals surface area contributed by atoms with Crippen LogP contribution in [-0.4, -0.2) is 38.9 Å². The first-order valence-corrected chi connectivity index (χ1v) is 8.25. The van der Waals surface area contributed by atoms with Gasteiger partial charge in [-0.2, -0.15) is 0 Å². The summed E-state index contributed by atoms with van der Waals surface area (Å²) in [6.45, 7) is 0.693. The number of halogens is 2. The Bertz CT molecular complexity index is 638. The highest BCUT2D eigenvalue weighted by Crippen LogP contribution is 2.41. The lowest BCUT2D eigenvalue weighted by Gasteiger charge is -2.09. The molecule has 0 aliphatic carbocycles. The quantitative estimate of drug-likeness (QED) is 0.846. The normalized spacial score (nSPS) is 23.4. The molecule has 0 bridgehead atoms. The summed E-state index contributed by atoms with van der Waals surface area (Å²) in [5, 5.41) is -0.462. The van der Waals surface area contributed by atoms with E-state index < -0.39 is 21.4 Å². The first kappa shape index (κ1) is 14.5. The standard InChI is InChI=1S/C13H14F2O5S/c14-13(15)19-11-2-1-9(7-12(11)20-13)4-6-21(16,17)10-3-5-18-8-10/h1-2,7,10H,3-6,8H2. The van der Waals surface area contributed by atoms with Gasteiger partial charge in [0, 0.05) is 6.61 Å². The molecule has 0 amide bonds. The Hall–Kier alpha value is -1.41. The Morgan fingerprint density at radius 1 is 1.24 bits per heavy atom. The van der Waals surface area contributed by atoms with Crippen molar-refractivity contribution in [1.29, 1.82) is 0 Å². The van der Waals surface area contributed by atoms with Crippen molar-refractivity contribution in [2.75, 3.05) is 19.0 Å². The van der Waals surface area contributed by atoms with Crippen LogP contribution in [0.3, 0.4) is 0 Å². The molecule has 1 atom stereocenters. The third-order valence-corrected chi connectivity index (χ3v) is 5.70. The average molecular weight is 320 g/mol. The van der Waals surface area contributed by atoms with Crippen LogP contribution in [0.15, 0.2) is 18.2 Å². The molecule has 1 aromatic carbocycles. The minimum atomic E-state index is -3.66. The molecule has 2 heterocycles. The van der Waals surface area contributed by atoms with E-state index in [2.05, 4.69) is 9.47 Å². The minimum absolute atomic E-state index is 0.0446. The highest BCUT2D eigenvalue weighted by molar-refractivity contribution is 7.92. The molecule has 2 aliphatic heterocycles. The van der Waals surface area contributed by atoms with Crippen molar-refractivity contribution < 1.29 is 31.4 Å². The first-order valence-electron chi connectivity index (χ1n) is 6.54. The van der Waals surface area contributed by atoms with E-state index in [1.54, 1.807) is 6.07 Å². The van der Waals surface area contributed by atoms with E-state index in [4.69, 9.17) is 4.74 Å². The molecule has 8 heteroatoms. The highest BCUT2D eigenvalue weighted by Gasteiger charge is 2.43. The number of aryl methyl sites for hydroxylation is 1. The van der Waals surface area contributed by atoms with Crippen molar-refractivity contribution in [2.45, 2.75) is 24.4 Å². The van der Waals surface area contributed by atoms with E-state index in [9.17, 15) is 17.2 Å². The van der Waals surface area contributed by atoms with E-state index in [0.717, 1.165) is 0 Å². The van der Waals surface area contributed by atoms with E-state index in [1.807, 2.05) is 0 Å². The summed E-state index contributed by atoms with van der Waals surface area (Å²) in [5.41, 5.74) is 0.609. The fourth-order valence-electron chi connectivity index (χ4n) is 2.37. The monoisotopic (exact) mass is 320 g/mol. The fourth-order valence-corrected chi connectivity index (χ4v) is 3.98. The third-order valence-electron chi connectivity index (χ3n) is 3.54. The molecule has 5 nitrogen and oxygen atoms in total.